The van der Waals surface area contributed by atoms with E-state index in [1.54, 1.807) is 0 Å². The van der Waals surface area contributed by atoms with Gasteiger partial charge in [0.2, 0.25) is 0 Å². The Kier molecular flexibility index (Phi) is 7.47. The molecule has 0 spiro atoms. The smallest absolute Gasteiger partial charge is 0.328 e. The summed E-state index contributed by atoms with van der Waals surface area (Å²) in [6.45, 7) is 4.38. The summed E-state index contributed by atoms with van der Waals surface area (Å²) in [5, 5.41) is 0. The third-order valence-corrected chi connectivity index (χ3v) is 3.64. The Labute approximate surface area is 86.4 Å². The molecule has 4 nitrogen and oxygen atoms in total. The SMILES string of the molecule is CCC(C)OP(=O)(O)CCCCCN. The van der Waals surface area contributed by atoms with Crippen molar-refractivity contribution in [3.05, 3.63) is 0 Å². The summed E-state index contributed by atoms with van der Waals surface area (Å²) in [5.74, 6) is 0. The molecule has 3 N–H and O–H groups in total. The third kappa shape index (κ3) is 7.51. The van der Waals surface area contributed by atoms with Gasteiger partial charge in [0.25, 0.3) is 0 Å². The van der Waals surface area contributed by atoms with E-state index in [4.69, 9.17) is 10.3 Å². The van der Waals surface area contributed by atoms with Gasteiger partial charge in [0.05, 0.1) is 6.10 Å². The Morgan fingerprint density at radius 3 is 2.57 bits per heavy atom. The Morgan fingerprint density at radius 2 is 2.07 bits per heavy atom. The Bertz CT molecular complexity index is 187. The van der Waals surface area contributed by atoms with Crippen LogP contribution < -0.4 is 5.73 Å². The molecule has 0 rings (SSSR count). The second-order valence-corrected chi connectivity index (χ2v) is 5.47. The highest BCUT2D eigenvalue weighted by molar-refractivity contribution is 7.52. The van der Waals surface area contributed by atoms with Crippen LogP contribution in [0.2, 0.25) is 0 Å². The molecule has 0 aliphatic carbocycles. The highest BCUT2D eigenvalue weighted by Gasteiger charge is 2.20. The standard InChI is InChI=1S/C9H22NO3P/c1-3-9(2)13-14(11,12)8-6-4-5-7-10/h9H,3-8,10H2,1-2H3,(H,11,12). The van der Waals surface area contributed by atoms with Crippen molar-refractivity contribution < 1.29 is 14.0 Å². The summed E-state index contributed by atoms with van der Waals surface area (Å²) in [6.07, 6.45) is 3.38. The molecule has 86 valence electrons. The van der Waals surface area contributed by atoms with E-state index in [0.29, 0.717) is 13.0 Å². The summed E-state index contributed by atoms with van der Waals surface area (Å²) < 4.78 is 16.5. The molecule has 5 heteroatoms. The average molecular weight is 223 g/mol. The Hall–Kier alpha value is 0.110. The summed E-state index contributed by atoms with van der Waals surface area (Å²) in [5.41, 5.74) is 5.32. The molecule has 0 heterocycles. The lowest BCUT2D eigenvalue weighted by Gasteiger charge is -2.16. The van der Waals surface area contributed by atoms with Gasteiger partial charge in [0, 0.05) is 6.16 Å². The van der Waals surface area contributed by atoms with E-state index in [0.717, 1.165) is 19.3 Å². The van der Waals surface area contributed by atoms with Crippen LogP contribution in [-0.4, -0.2) is 23.7 Å². The molecule has 0 aromatic rings. The minimum atomic E-state index is -3.35. The fourth-order valence-electron chi connectivity index (χ4n) is 1.04. The normalized spacial score (nSPS) is 17.7. The van der Waals surface area contributed by atoms with Gasteiger partial charge in [0.15, 0.2) is 0 Å². The monoisotopic (exact) mass is 223 g/mol. The predicted molar refractivity (Wildman–Crippen MR) is 58.4 cm³/mol. The summed E-state index contributed by atoms with van der Waals surface area (Å²) in [4.78, 5) is 9.42. The van der Waals surface area contributed by atoms with Crippen LogP contribution >= 0.6 is 7.60 Å². The minimum Gasteiger partial charge on any atom is -0.330 e. The number of hydrogen-bond acceptors (Lipinski definition) is 3. The van der Waals surface area contributed by atoms with Crippen molar-refractivity contribution in [2.75, 3.05) is 12.7 Å². The summed E-state index contributed by atoms with van der Waals surface area (Å²) in [6, 6.07) is 0. The van der Waals surface area contributed by atoms with Crippen LogP contribution in [0.4, 0.5) is 0 Å². The van der Waals surface area contributed by atoms with E-state index in [-0.39, 0.29) is 12.3 Å². The zero-order valence-corrected chi connectivity index (χ0v) is 10.0. The van der Waals surface area contributed by atoms with Gasteiger partial charge in [0.1, 0.15) is 0 Å². The van der Waals surface area contributed by atoms with Gasteiger partial charge in [-0.1, -0.05) is 13.3 Å². The molecule has 0 radical (unpaired) electrons. The van der Waals surface area contributed by atoms with Crippen LogP contribution in [-0.2, 0) is 9.09 Å². The third-order valence-electron chi connectivity index (χ3n) is 2.06. The maximum Gasteiger partial charge on any atom is 0.328 e. The topological polar surface area (TPSA) is 72.5 Å². The largest absolute Gasteiger partial charge is 0.330 e. The summed E-state index contributed by atoms with van der Waals surface area (Å²) in [7, 11) is -3.35. The first-order valence-corrected chi connectivity index (χ1v) is 6.98. The van der Waals surface area contributed by atoms with Crippen LogP contribution in [0, 0.1) is 0 Å². The molecule has 14 heavy (non-hydrogen) atoms. The zero-order chi connectivity index (χ0) is 11.0. The number of hydrogen-bond donors (Lipinski definition) is 2. The second-order valence-electron chi connectivity index (χ2n) is 3.53. The average Bonchev–Trinajstić information content (AvgIpc) is 2.12. The zero-order valence-electron chi connectivity index (χ0n) is 9.11. The van der Waals surface area contributed by atoms with E-state index in [1.807, 2.05) is 13.8 Å². The molecule has 2 atom stereocenters. The first-order chi connectivity index (χ1) is 6.52. The van der Waals surface area contributed by atoms with Crippen molar-refractivity contribution in [3.8, 4) is 0 Å². The van der Waals surface area contributed by atoms with Crippen molar-refractivity contribution in [1.29, 1.82) is 0 Å². The van der Waals surface area contributed by atoms with Crippen molar-refractivity contribution >= 4 is 7.60 Å². The van der Waals surface area contributed by atoms with Gasteiger partial charge >= 0.3 is 7.60 Å². The lowest BCUT2D eigenvalue weighted by molar-refractivity contribution is 0.185. The van der Waals surface area contributed by atoms with Crippen LogP contribution in [0.25, 0.3) is 0 Å². The van der Waals surface area contributed by atoms with Crippen molar-refractivity contribution in [2.24, 2.45) is 5.73 Å². The van der Waals surface area contributed by atoms with Gasteiger partial charge in [-0.3, -0.25) is 4.57 Å². The molecule has 0 aliphatic heterocycles. The molecule has 0 aromatic heterocycles. The van der Waals surface area contributed by atoms with Gasteiger partial charge in [-0.05, 0) is 32.7 Å². The highest BCUT2D eigenvalue weighted by Crippen LogP contribution is 2.44. The van der Waals surface area contributed by atoms with Crippen molar-refractivity contribution in [1.82, 2.24) is 0 Å². The molecule has 2 unspecified atom stereocenters. The lowest BCUT2D eigenvalue weighted by atomic mass is 10.2. The Morgan fingerprint density at radius 1 is 1.43 bits per heavy atom. The van der Waals surface area contributed by atoms with Crippen LogP contribution in [0.15, 0.2) is 0 Å². The number of unbranched alkanes of at least 4 members (excludes halogenated alkanes) is 2. The van der Waals surface area contributed by atoms with E-state index < -0.39 is 7.60 Å². The number of rotatable bonds is 8. The minimum absolute atomic E-state index is 0.139. The molecule has 0 fully saturated rings. The molecule has 0 aliphatic rings. The van der Waals surface area contributed by atoms with Crippen LogP contribution in [0.1, 0.15) is 39.5 Å². The van der Waals surface area contributed by atoms with Crippen molar-refractivity contribution in [2.45, 2.75) is 45.6 Å². The van der Waals surface area contributed by atoms with E-state index in [9.17, 15) is 9.46 Å². The molecule has 0 saturated heterocycles. The molecule has 0 saturated carbocycles. The van der Waals surface area contributed by atoms with E-state index in [1.165, 1.54) is 0 Å². The van der Waals surface area contributed by atoms with Gasteiger partial charge in [-0.25, -0.2) is 0 Å². The predicted octanol–water partition coefficient (Wildman–Crippen LogP) is 2.12. The highest BCUT2D eigenvalue weighted by atomic mass is 31.2. The fraction of sp³-hybridized carbons (Fsp3) is 1.00. The quantitative estimate of drug-likeness (QED) is 0.488. The van der Waals surface area contributed by atoms with Crippen molar-refractivity contribution in [3.63, 3.8) is 0 Å². The molecule has 0 amide bonds. The molecular weight excluding hydrogens is 201 g/mol. The van der Waals surface area contributed by atoms with Gasteiger partial charge < -0.3 is 15.2 Å². The first-order valence-electron chi connectivity index (χ1n) is 5.22. The van der Waals surface area contributed by atoms with Crippen LogP contribution in [0.5, 0.6) is 0 Å². The molecule has 0 aromatic carbocycles. The first kappa shape index (κ1) is 14.1. The maximum atomic E-state index is 11.4. The summed E-state index contributed by atoms with van der Waals surface area (Å²) >= 11 is 0. The molecular formula is C9H22NO3P. The van der Waals surface area contributed by atoms with Gasteiger partial charge in [-0.2, -0.15) is 0 Å². The fourth-order valence-corrected chi connectivity index (χ4v) is 2.48. The van der Waals surface area contributed by atoms with E-state index in [2.05, 4.69) is 0 Å². The van der Waals surface area contributed by atoms with Crippen LogP contribution in [0.3, 0.4) is 0 Å². The second kappa shape index (κ2) is 7.41. The van der Waals surface area contributed by atoms with E-state index >= 15 is 0 Å². The number of nitrogens with two attached hydrogens (primary N) is 1. The lowest BCUT2D eigenvalue weighted by Crippen LogP contribution is -2.06. The molecule has 0 bridgehead atoms. The Balaban J connectivity index is 3.66. The maximum absolute atomic E-state index is 11.4. The van der Waals surface area contributed by atoms with Gasteiger partial charge in [-0.15, -0.1) is 0 Å².